The van der Waals surface area contributed by atoms with Crippen LogP contribution in [0.5, 0.6) is 0 Å². The van der Waals surface area contributed by atoms with Crippen LogP contribution in [0.3, 0.4) is 0 Å². The Labute approximate surface area is 119 Å². The summed E-state index contributed by atoms with van der Waals surface area (Å²) in [7, 11) is 0. The molecule has 0 aromatic heterocycles. The third kappa shape index (κ3) is 3.30. The largest absolute Gasteiger partial charge is 0.479 e. The Morgan fingerprint density at radius 1 is 1.05 bits per heavy atom. The molecule has 0 saturated carbocycles. The summed E-state index contributed by atoms with van der Waals surface area (Å²) >= 11 is 0. The van der Waals surface area contributed by atoms with Gasteiger partial charge in [0.05, 0.1) is 11.2 Å². The topological polar surface area (TPSA) is 76.1 Å². The molecule has 2 rings (SSSR count). The van der Waals surface area contributed by atoms with E-state index in [9.17, 15) is 9.59 Å². The molecule has 0 spiro atoms. The molecule has 20 heavy (non-hydrogen) atoms. The van der Waals surface area contributed by atoms with Crippen molar-refractivity contribution in [1.82, 2.24) is 4.90 Å². The predicted octanol–water partition coefficient (Wildman–Crippen LogP) is 1.03. The third-order valence-corrected chi connectivity index (χ3v) is 3.58. The highest BCUT2D eigenvalue weighted by Crippen LogP contribution is 2.30. The van der Waals surface area contributed by atoms with Crippen LogP contribution in [0.1, 0.15) is 40.5 Å². The zero-order chi connectivity index (χ0) is 15.1. The van der Waals surface area contributed by atoms with Gasteiger partial charge in [0.25, 0.3) is 5.91 Å². The SMILES string of the molecule is CC1(C)CN(C(=O)C2CCC(C(=O)O)O2)CC(C)(C)O1. The zero-order valence-electron chi connectivity index (χ0n) is 12.5. The van der Waals surface area contributed by atoms with E-state index in [1.807, 2.05) is 27.7 Å². The van der Waals surface area contributed by atoms with E-state index >= 15 is 0 Å². The highest BCUT2D eigenvalue weighted by atomic mass is 16.5. The van der Waals surface area contributed by atoms with Gasteiger partial charge in [-0.15, -0.1) is 0 Å². The summed E-state index contributed by atoms with van der Waals surface area (Å²) in [5.74, 6) is -1.12. The van der Waals surface area contributed by atoms with Crippen molar-refractivity contribution in [3.63, 3.8) is 0 Å². The van der Waals surface area contributed by atoms with Crippen LogP contribution in [-0.2, 0) is 19.1 Å². The van der Waals surface area contributed by atoms with Crippen LogP contribution in [-0.4, -0.2) is 58.4 Å². The Kier molecular flexibility index (Phi) is 3.81. The van der Waals surface area contributed by atoms with Crippen molar-refractivity contribution in [2.75, 3.05) is 13.1 Å². The molecule has 2 aliphatic heterocycles. The molecule has 2 atom stereocenters. The molecule has 2 aliphatic rings. The molecule has 1 N–H and O–H groups in total. The fourth-order valence-electron chi connectivity index (χ4n) is 3.15. The van der Waals surface area contributed by atoms with Gasteiger partial charge in [-0.3, -0.25) is 4.79 Å². The fraction of sp³-hybridized carbons (Fsp3) is 0.857. The third-order valence-electron chi connectivity index (χ3n) is 3.58. The molecule has 2 heterocycles. The number of hydrogen-bond donors (Lipinski definition) is 1. The Bertz CT molecular complexity index is 402. The first kappa shape index (κ1) is 15.3. The number of hydrogen-bond acceptors (Lipinski definition) is 4. The minimum atomic E-state index is -0.997. The van der Waals surface area contributed by atoms with Crippen LogP contribution in [0.4, 0.5) is 0 Å². The fourth-order valence-corrected chi connectivity index (χ4v) is 3.15. The maximum absolute atomic E-state index is 12.5. The molecule has 0 bridgehead atoms. The second kappa shape index (κ2) is 5.00. The lowest BCUT2D eigenvalue weighted by Gasteiger charge is -2.47. The Hall–Kier alpha value is -1.14. The van der Waals surface area contributed by atoms with Crippen molar-refractivity contribution in [2.45, 2.75) is 63.9 Å². The molecular formula is C14H23NO5. The molecule has 0 aromatic carbocycles. The summed E-state index contributed by atoms with van der Waals surface area (Å²) in [6.07, 6.45) is -0.636. The summed E-state index contributed by atoms with van der Waals surface area (Å²) in [6.45, 7) is 8.78. The van der Waals surface area contributed by atoms with Gasteiger partial charge in [-0.25, -0.2) is 4.79 Å². The second-order valence-electron chi connectivity index (χ2n) is 6.84. The number of aliphatic carboxylic acids is 1. The summed E-state index contributed by atoms with van der Waals surface area (Å²) in [5, 5.41) is 8.92. The number of carbonyl (C=O) groups excluding carboxylic acids is 1. The standard InChI is InChI=1S/C14H23NO5/c1-13(2)7-15(8-14(3,4)20-13)11(16)9-5-6-10(19-9)12(17)18/h9-10H,5-8H2,1-4H3,(H,17,18). The first-order valence-electron chi connectivity index (χ1n) is 6.97. The number of morpholine rings is 1. The molecule has 114 valence electrons. The summed E-state index contributed by atoms with van der Waals surface area (Å²) in [5.41, 5.74) is -0.829. The average Bonchev–Trinajstić information content (AvgIpc) is 2.72. The molecule has 0 aromatic rings. The van der Waals surface area contributed by atoms with E-state index in [1.54, 1.807) is 4.90 Å². The number of amides is 1. The lowest BCUT2D eigenvalue weighted by molar-refractivity contribution is -0.193. The number of ether oxygens (including phenoxy) is 2. The number of nitrogens with zero attached hydrogens (tertiary/aromatic N) is 1. The van der Waals surface area contributed by atoms with Crippen molar-refractivity contribution in [3.8, 4) is 0 Å². The van der Waals surface area contributed by atoms with Crippen molar-refractivity contribution >= 4 is 11.9 Å². The van der Waals surface area contributed by atoms with Crippen LogP contribution < -0.4 is 0 Å². The monoisotopic (exact) mass is 285 g/mol. The Morgan fingerprint density at radius 3 is 2.00 bits per heavy atom. The van der Waals surface area contributed by atoms with Gasteiger partial charge in [0.2, 0.25) is 0 Å². The lowest BCUT2D eigenvalue weighted by atomic mass is 9.98. The maximum Gasteiger partial charge on any atom is 0.332 e. The van der Waals surface area contributed by atoms with Gasteiger partial charge in [-0.05, 0) is 40.5 Å². The molecule has 6 nitrogen and oxygen atoms in total. The minimum Gasteiger partial charge on any atom is -0.479 e. The summed E-state index contributed by atoms with van der Waals surface area (Å²) in [4.78, 5) is 25.1. The minimum absolute atomic E-state index is 0.127. The van der Waals surface area contributed by atoms with Gasteiger partial charge in [-0.2, -0.15) is 0 Å². The highest BCUT2D eigenvalue weighted by Gasteiger charge is 2.43. The van der Waals surface area contributed by atoms with Crippen LogP contribution >= 0.6 is 0 Å². The highest BCUT2D eigenvalue weighted by molar-refractivity contribution is 5.83. The molecule has 2 fully saturated rings. The maximum atomic E-state index is 12.5. The van der Waals surface area contributed by atoms with Crippen LogP contribution in [0, 0.1) is 0 Å². The van der Waals surface area contributed by atoms with E-state index in [0.29, 0.717) is 25.9 Å². The molecule has 6 heteroatoms. The Balaban J connectivity index is 2.04. The normalized spacial score (nSPS) is 32.1. The number of carboxylic acids is 1. The molecular weight excluding hydrogens is 262 g/mol. The molecule has 2 unspecified atom stereocenters. The van der Waals surface area contributed by atoms with Gasteiger partial charge < -0.3 is 19.5 Å². The van der Waals surface area contributed by atoms with Crippen molar-refractivity contribution in [2.24, 2.45) is 0 Å². The van der Waals surface area contributed by atoms with E-state index in [-0.39, 0.29) is 5.91 Å². The van der Waals surface area contributed by atoms with Crippen LogP contribution in [0.15, 0.2) is 0 Å². The smallest absolute Gasteiger partial charge is 0.332 e. The van der Waals surface area contributed by atoms with Gasteiger partial charge >= 0.3 is 5.97 Å². The lowest BCUT2D eigenvalue weighted by Crippen LogP contribution is -2.60. The predicted molar refractivity (Wildman–Crippen MR) is 71.4 cm³/mol. The van der Waals surface area contributed by atoms with Crippen molar-refractivity contribution in [3.05, 3.63) is 0 Å². The quantitative estimate of drug-likeness (QED) is 0.820. The first-order valence-corrected chi connectivity index (χ1v) is 6.97. The van der Waals surface area contributed by atoms with Gasteiger partial charge in [0, 0.05) is 13.1 Å². The summed E-state index contributed by atoms with van der Waals surface area (Å²) < 4.78 is 11.3. The van der Waals surface area contributed by atoms with Gasteiger partial charge in [-0.1, -0.05) is 0 Å². The molecule has 0 aliphatic carbocycles. The molecule has 2 saturated heterocycles. The zero-order valence-corrected chi connectivity index (χ0v) is 12.5. The Morgan fingerprint density at radius 2 is 1.55 bits per heavy atom. The van der Waals surface area contributed by atoms with Crippen molar-refractivity contribution in [1.29, 1.82) is 0 Å². The van der Waals surface area contributed by atoms with E-state index in [2.05, 4.69) is 0 Å². The molecule has 1 amide bonds. The molecule has 0 radical (unpaired) electrons. The van der Waals surface area contributed by atoms with Gasteiger partial charge in [0.1, 0.15) is 6.10 Å². The second-order valence-corrected chi connectivity index (χ2v) is 6.84. The van der Waals surface area contributed by atoms with Gasteiger partial charge in [0.15, 0.2) is 6.10 Å². The number of rotatable bonds is 2. The number of carboxylic acid groups (broad SMARTS) is 1. The number of carbonyl (C=O) groups is 2. The van der Waals surface area contributed by atoms with Crippen LogP contribution in [0.2, 0.25) is 0 Å². The van der Waals surface area contributed by atoms with E-state index in [1.165, 1.54) is 0 Å². The summed E-state index contributed by atoms with van der Waals surface area (Å²) in [6, 6.07) is 0. The van der Waals surface area contributed by atoms with Crippen LogP contribution in [0.25, 0.3) is 0 Å². The van der Waals surface area contributed by atoms with Crippen molar-refractivity contribution < 1.29 is 24.2 Å². The van der Waals surface area contributed by atoms with E-state index in [0.717, 1.165) is 0 Å². The first-order chi connectivity index (χ1) is 9.10. The van der Waals surface area contributed by atoms with E-state index in [4.69, 9.17) is 14.6 Å². The average molecular weight is 285 g/mol. The van der Waals surface area contributed by atoms with E-state index < -0.39 is 29.4 Å².